The van der Waals surface area contributed by atoms with Crippen molar-refractivity contribution in [3.8, 4) is 0 Å². The Hall–Kier alpha value is -1.19. The fourth-order valence-electron chi connectivity index (χ4n) is 7.15. The van der Waals surface area contributed by atoms with Crippen molar-refractivity contribution in [2.24, 2.45) is 5.92 Å². The van der Waals surface area contributed by atoms with Crippen LogP contribution in [-0.2, 0) is 16.6 Å². The topological polar surface area (TPSA) is 23.6 Å². The van der Waals surface area contributed by atoms with E-state index in [1.54, 1.807) is 11.1 Å². The van der Waals surface area contributed by atoms with Gasteiger partial charge in [-0.3, -0.25) is 4.79 Å². The zero-order chi connectivity index (χ0) is 20.4. The van der Waals surface area contributed by atoms with Gasteiger partial charge in [0.2, 0.25) is 0 Å². The molecule has 1 saturated carbocycles. The van der Waals surface area contributed by atoms with Crippen LogP contribution in [0.4, 0.5) is 0 Å². The first kappa shape index (κ1) is 20.7. The average molecular weight is 409 g/mol. The predicted octanol–water partition coefficient (Wildman–Crippen LogP) is 4.97. The van der Waals surface area contributed by atoms with Crippen molar-refractivity contribution in [1.82, 2.24) is 9.80 Å². The first-order valence-electron chi connectivity index (χ1n) is 12.8. The lowest BCUT2D eigenvalue weighted by atomic mass is 9.74. The molecule has 1 aromatic carbocycles. The lowest BCUT2D eigenvalue weighted by molar-refractivity contribution is -0.121. The molecule has 0 radical (unpaired) electrons. The van der Waals surface area contributed by atoms with E-state index in [0.717, 1.165) is 19.4 Å². The van der Waals surface area contributed by atoms with Crippen molar-refractivity contribution in [2.45, 2.75) is 88.5 Å². The normalized spacial score (nSPS) is 29.3. The molecule has 0 amide bonds. The predicted molar refractivity (Wildman–Crippen MR) is 123 cm³/mol. The Kier molecular flexibility index (Phi) is 6.29. The molecular weight excluding hydrogens is 368 g/mol. The number of piperidine rings is 1. The molecule has 4 aliphatic rings. The monoisotopic (exact) mass is 408 g/mol. The minimum absolute atomic E-state index is 0.433. The Bertz CT molecular complexity index is 730. The third-order valence-corrected chi connectivity index (χ3v) is 8.95. The standard InChI is InChI=1S/C27H40N2O/c30-24(21-23-8-2-4-10-26(23)29-16-5-6-17-29)12-18-28-19-14-27(15-20-28)13-11-22-7-1-3-9-25(22)27/h1,3,7,9,23,26H,2,4-6,8,10-21H2/t23-,26+/m1/s1. The van der Waals surface area contributed by atoms with Gasteiger partial charge in [-0.25, -0.2) is 0 Å². The van der Waals surface area contributed by atoms with E-state index in [9.17, 15) is 4.79 Å². The number of rotatable bonds is 6. The summed E-state index contributed by atoms with van der Waals surface area (Å²) in [5.74, 6) is 1.15. The SMILES string of the molecule is O=C(CCN1CCC2(CCc3ccccc32)CC1)C[C@H]1CCCC[C@@H]1N1CCCC1. The van der Waals surface area contributed by atoms with Gasteiger partial charge in [-0.15, -0.1) is 0 Å². The zero-order valence-electron chi connectivity index (χ0n) is 18.8. The molecule has 2 atom stereocenters. The van der Waals surface area contributed by atoms with Crippen LogP contribution in [0, 0.1) is 5.92 Å². The van der Waals surface area contributed by atoms with Gasteiger partial charge in [-0.2, -0.15) is 0 Å². The number of Topliss-reactive ketones (excluding diaryl/α,β-unsaturated/α-hetero) is 1. The third-order valence-electron chi connectivity index (χ3n) is 8.95. The van der Waals surface area contributed by atoms with Crippen molar-refractivity contribution >= 4 is 5.78 Å². The molecule has 3 heteroatoms. The van der Waals surface area contributed by atoms with Crippen molar-refractivity contribution < 1.29 is 4.79 Å². The number of aryl methyl sites for hydroxylation is 1. The number of nitrogens with zero attached hydrogens (tertiary/aromatic N) is 2. The summed E-state index contributed by atoms with van der Waals surface area (Å²) >= 11 is 0. The molecular formula is C27H40N2O. The van der Waals surface area contributed by atoms with Gasteiger partial charge >= 0.3 is 0 Å². The summed E-state index contributed by atoms with van der Waals surface area (Å²) in [5, 5.41) is 0. The molecule has 5 rings (SSSR count). The Labute approximate surface area is 183 Å². The fraction of sp³-hybridized carbons (Fsp3) is 0.741. The van der Waals surface area contributed by atoms with Crippen LogP contribution in [0.1, 0.15) is 81.8 Å². The lowest BCUT2D eigenvalue weighted by Crippen LogP contribution is -2.43. The van der Waals surface area contributed by atoms with E-state index in [0.29, 0.717) is 23.2 Å². The molecule has 2 saturated heterocycles. The highest BCUT2D eigenvalue weighted by Crippen LogP contribution is 2.46. The van der Waals surface area contributed by atoms with E-state index >= 15 is 0 Å². The quantitative estimate of drug-likeness (QED) is 0.664. The van der Waals surface area contributed by atoms with E-state index in [1.807, 2.05) is 0 Å². The highest BCUT2D eigenvalue weighted by atomic mass is 16.1. The van der Waals surface area contributed by atoms with Crippen LogP contribution in [0.2, 0.25) is 0 Å². The van der Waals surface area contributed by atoms with Gasteiger partial charge in [-0.1, -0.05) is 37.1 Å². The Morgan fingerprint density at radius 1 is 0.933 bits per heavy atom. The van der Waals surface area contributed by atoms with E-state index < -0.39 is 0 Å². The van der Waals surface area contributed by atoms with Crippen LogP contribution in [0.15, 0.2) is 24.3 Å². The molecule has 164 valence electrons. The summed E-state index contributed by atoms with van der Waals surface area (Å²) in [5.41, 5.74) is 3.65. The summed E-state index contributed by atoms with van der Waals surface area (Å²) in [7, 11) is 0. The molecule has 0 aromatic heterocycles. The van der Waals surface area contributed by atoms with Crippen molar-refractivity contribution in [2.75, 3.05) is 32.7 Å². The summed E-state index contributed by atoms with van der Waals surface area (Å²) < 4.78 is 0. The minimum atomic E-state index is 0.433. The number of carbonyl (C=O) groups is 1. The molecule has 3 fully saturated rings. The van der Waals surface area contributed by atoms with Crippen molar-refractivity contribution in [1.29, 1.82) is 0 Å². The molecule has 2 aliphatic heterocycles. The highest BCUT2D eigenvalue weighted by molar-refractivity contribution is 5.78. The molecule has 30 heavy (non-hydrogen) atoms. The van der Waals surface area contributed by atoms with Crippen molar-refractivity contribution in [3.63, 3.8) is 0 Å². The van der Waals surface area contributed by atoms with E-state index in [2.05, 4.69) is 34.1 Å². The summed E-state index contributed by atoms with van der Waals surface area (Å²) in [6, 6.07) is 9.82. The van der Waals surface area contributed by atoms with Gasteiger partial charge in [0.15, 0.2) is 0 Å². The van der Waals surface area contributed by atoms with Crippen LogP contribution in [-0.4, -0.2) is 54.3 Å². The van der Waals surface area contributed by atoms with Crippen molar-refractivity contribution in [3.05, 3.63) is 35.4 Å². The van der Waals surface area contributed by atoms with Gasteiger partial charge in [0.25, 0.3) is 0 Å². The average Bonchev–Trinajstić information content (AvgIpc) is 3.43. The largest absolute Gasteiger partial charge is 0.303 e. The van der Waals surface area contributed by atoms with Crippen LogP contribution >= 0.6 is 0 Å². The van der Waals surface area contributed by atoms with Crippen LogP contribution in [0.5, 0.6) is 0 Å². The smallest absolute Gasteiger partial charge is 0.134 e. The summed E-state index contributed by atoms with van der Waals surface area (Å²) in [4.78, 5) is 18.2. The van der Waals surface area contributed by atoms with E-state index in [4.69, 9.17) is 0 Å². The fourth-order valence-corrected chi connectivity index (χ4v) is 7.15. The second-order valence-corrected chi connectivity index (χ2v) is 10.6. The zero-order valence-corrected chi connectivity index (χ0v) is 18.8. The Morgan fingerprint density at radius 2 is 1.70 bits per heavy atom. The minimum Gasteiger partial charge on any atom is -0.303 e. The van der Waals surface area contributed by atoms with Gasteiger partial charge in [0, 0.05) is 25.4 Å². The summed E-state index contributed by atoms with van der Waals surface area (Å²) in [6.07, 6.45) is 14.8. The van der Waals surface area contributed by atoms with E-state index in [-0.39, 0.29) is 0 Å². The second-order valence-electron chi connectivity index (χ2n) is 10.6. The number of benzene rings is 1. The van der Waals surface area contributed by atoms with E-state index in [1.165, 1.54) is 90.4 Å². The number of ketones is 1. The van der Waals surface area contributed by atoms with Gasteiger partial charge < -0.3 is 9.80 Å². The molecule has 2 aliphatic carbocycles. The number of likely N-dealkylation sites (tertiary alicyclic amines) is 2. The number of hydrogen-bond acceptors (Lipinski definition) is 3. The van der Waals surface area contributed by atoms with Gasteiger partial charge in [-0.05, 0) is 100 Å². The maximum absolute atomic E-state index is 12.9. The summed E-state index contributed by atoms with van der Waals surface area (Å²) in [6.45, 7) is 5.86. The number of hydrogen-bond donors (Lipinski definition) is 0. The molecule has 3 nitrogen and oxygen atoms in total. The Morgan fingerprint density at radius 3 is 2.53 bits per heavy atom. The van der Waals surface area contributed by atoms with Crippen LogP contribution in [0.3, 0.4) is 0 Å². The molecule has 0 N–H and O–H groups in total. The van der Waals surface area contributed by atoms with Gasteiger partial charge in [0.1, 0.15) is 5.78 Å². The number of fused-ring (bicyclic) bond motifs is 2. The molecule has 1 aromatic rings. The third kappa shape index (κ3) is 4.25. The first-order chi connectivity index (χ1) is 14.7. The molecule has 0 bridgehead atoms. The lowest BCUT2D eigenvalue weighted by Gasteiger charge is -2.40. The highest BCUT2D eigenvalue weighted by Gasteiger charge is 2.40. The maximum Gasteiger partial charge on any atom is 0.134 e. The van der Waals surface area contributed by atoms with Crippen LogP contribution in [0.25, 0.3) is 0 Å². The molecule has 2 heterocycles. The second kappa shape index (κ2) is 9.12. The molecule has 1 spiro atoms. The van der Waals surface area contributed by atoms with Crippen LogP contribution < -0.4 is 0 Å². The number of carbonyl (C=O) groups excluding carboxylic acids is 1. The van der Waals surface area contributed by atoms with Gasteiger partial charge in [0.05, 0.1) is 0 Å². The molecule has 0 unspecified atom stereocenters. The maximum atomic E-state index is 12.9. The first-order valence-corrected chi connectivity index (χ1v) is 12.8. The Balaban J connectivity index is 1.09.